The fraction of sp³-hybridized carbons (Fsp3) is 0.357. The zero-order valence-electron chi connectivity index (χ0n) is 22.4. The number of benzene rings is 2. The second kappa shape index (κ2) is 11.4. The summed E-state index contributed by atoms with van der Waals surface area (Å²) in [5.74, 6) is 0.717. The first kappa shape index (κ1) is 27.8. The van der Waals surface area contributed by atoms with Crippen LogP contribution >= 0.6 is 15.9 Å². The van der Waals surface area contributed by atoms with Gasteiger partial charge in [0, 0.05) is 68.5 Å². The van der Waals surface area contributed by atoms with Gasteiger partial charge in [0.2, 0.25) is 11.9 Å². The predicted molar refractivity (Wildman–Crippen MR) is 152 cm³/mol. The van der Waals surface area contributed by atoms with Crippen LogP contribution in [0.15, 0.2) is 53.6 Å². The van der Waals surface area contributed by atoms with Gasteiger partial charge in [0.15, 0.2) is 0 Å². The van der Waals surface area contributed by atoms with Crippen molar-refractivity contribution in [2.45, 2.75) is 38.4 Å². The molecule has 0 spiro atoms. The first-order valence-corrected chi connectivity index (χ1v) is 13.9. The molecule has 1 aliphatic rings. The zero-order valence-corrected chi connectivity index (χ0v) is 23.9. The third kappa shape index (κ3) is 5.45. The molecule has 12 heteroatoms. The molecular weight excluding hydrogens is 586 g/mol. The number of alkyl halides is 3. The highest BCUT2D eigenvalue weighted by molar-refractivity contribution is 9.08. The Morgan fingerprint density at radius 2 is 1.88 bits per heavy atom. The SMILES string of the molecule is CC(=O)N1CCN(c2ncc(-c3ccc4c(=O)n(C)n(Cc5cc(CBr)ccc5OC(F)F)c4c3)cn2)CC1C. The Bertz CT molecular complexity index is 1600. The Hall–Kier alpha value is -3.80. The van der Waals surface area contributed by atoms with Crippen LogP contribution in [0.5, 0.6) is 5.75 Å². The van der Waals surface area contributed by atoms with Crippen molar-refractivity contribution < 1.29 is 18.3 Å². The minimum absolute atomic E-state index is 0.0618. The normalized spacial score (nSPS) is 15.7. The molecule has 4 aromatic rings. The molecule has 40 heavy (non-hydrogen) atoms. The van der Waals surface area contributed by atoms with Gasteiger partial charge in [-0.2, -0.15) is 8.78 Å². The van der Waals surface area contributed by atoms with Crippen LogP contribution in [-0.4, -0.2) is 62.4 Å². The Labute approximate surface area is 238 Å². The number of ether oxygens (including phenoxy) is 1. The first-order valence-electron chi connectivity index (χ1n) is 12.8. The van der Waals surface area contributed by atoms with E-state index in [-0.39, 0.29) is 29.8 Å². The summed E-state index contributed by atoms with van der Waals surface area (Å²) >= 11 is 3.41. The number of rotatable bonds is 7. The minimum atomic E-state index is -2.96. The fourth-order valence-corrected chi connectivity index (χ4v) is 5.54. The number of halogens is 3. The van der Waals surface area contributed by atoms with Gasteiger partial charge in [0.25, 0.3) is 5.56 Å². The molecule has 2 aromatic carbocycles. The summed E-state index contributed by atoms with van der Waals surface area (Å²) < 4.78 is 34.2. The molecule has 0 aliphatic carbocycles. The molecular formula is C28H29BrF2N6O3. The highest BCUT2D eigenvalue weighted by Gasteiger charge is 2.26. The van der Waals surface area contributed by atoms with Crippen LogP contribution in [0.1, 0.15) is 25.0 Å². The number of hydrogen-bond acceptors (Lipinski definition) is 6. The third-order valence-corrected chi connectivity index (χ3v) is 7.91. The molecule has 1 fully saturated rings. The maximum atomic E-state index is 13.1. The van der Waals surface area contributed by atoms with Gasteiger partial charge in [-0.25, -0.2) is 9.97 Å². The standard InChI is InChI=1S/C28H29BrF2N6O3/c1-17-15-35(8-9-36(17)18(2)38)28-32-13-22(14-33-28)20-5-6-23-24(11-20)37(34(3)26(23)39)16-21-10-19(12-29)4-7-25(21)40-27(30)31/h4-7,10-11,13-14,17,27H,8-9,12,15-16H2,1-3H3. The van der Waals surface area contributed by atoms with E-state index in [2.05, 4.69) is 30.8 Å². The number of anilines is 1. The molecule has 210 valence electrons. The maximum Gasteiger partial charge on any atom is 0.387 e. The molecule has 1 atom stereocenters. The van der Waals surface area contributed by atoms with Crippen LogP contribution in [-0.2, 0) is 23.7 Å². The third-order valence-electron chi connectivity index (χ3n) is 7.26. The van der Waals surface area contributed by atoms with E-state index in [1.54, 1.807) is 49.2 Å². The molecule has 1 aliphatic heterocycles. The summed E-state index contributed by atoms with van der Waals surface area (Å²) in [5.41, 5.74) is 3.46. The lowest BCUT2D eigenvalue weighted by molar-refractivity contribution is -0.131. The van der Waals surface area contributed by atoms with Gasteiger partial charge in [-0.3, -0.25) is 19.0 Å². The van der Waals surface area contributed by atoms with Crippen molar-refractivity contribution in [3.8, 4) is 16.9 Å². The van der Waals surface area contributed by atoms with E-state index < -0.39 is 6.61 Å². The van der Waals surface area contributed by atoms with Crippen LogP contribution in [0.4, 0.5) is 14.7 Å². The fourth-order valence-electron chi connectivity index (χ4n) is 5.19. The van der Waals surface area contributed by atoms with Crippen LogP contribution < -0.4 is 15.2 Å². The van der Waals surface area contributed by atoms with Crippen LogP contribution in [0.3, 0.4) is 0 Å². The van der Waals surface area contributed by atoms with E-state index in [0.717, 1.165) is 16.7 Å². The van der Waals surface area contributed by atoms with Crippen LogP contribution in [0, 0.1) is 0 Å². The number of nitrogens with zero attached hydrogens (tertiary/aromatic N) is 6. The topological polar surface area (TPSA) is 85.5 Å². The molecule has 1 saturated heterocycles. The second-order valence-corrected chi connectivity index (χ2v) is 10.4. The van der Waals surface area contributed by atoms with Crippen molar-refractivity contribution in [1.82, 2.24) is 24.2 Å². The molecule has 1 unspecified atom stereocenters. The molecule has 1 amide bonds. The summed E-state index contributed by atoms with van der Waals surface area (Å²) in [7, 11) is 1.65. The number of piperazine rings is 1. The minimum Gasteiger partial charge on any atom is -0.434 e. The van der Waals surface area contributed by atoms with Crippen molar-refractivity contribution >= 4 is 38.7 Å². The summed E-state index contributed by atoms with van der Waals surface area (Å²) in [5, 5.41) is 1.06. The molecule has 2 aromatic heterocycles. The average molecular weight is 615 g/mol. The molecule has 0 N–H and O–H groups in total. The van der Waals surface area contributed by atoms with Gasteiger partial charge in [0.05, 0.1) is 17.4 Å². The Morgan fingerprint density at radius 3 is 2.52 bits per heavy atom. The molecule has 5 rings (SSSR count). The monoisotopic (exact) mass is 614 g/mol. The quantitative estimate of drug-likeness (QED) is 0.287. The number of amides is 1. The predicted octanol–water partition coefficient (Wildman–Crippen LogP) is 4.40. The second-order valence-electron chi connectivity index (χ2n) is 9.85. The lowest BCUT2D eigenvalue weighted by atomic mass is 10.1. The Kier molecular flexibility index (Phi) is 7.88. The summed E-state index contributed by atoms with van der Waals surface area (Å²) in [4.78, 5) is 37.9. The number of carbonyl (C=O) groups is 1. The van der Waals surface area contributed by atoms with Crippen molar-refractivity contribution in [2.75, 3.05) is 24.5 Å². The largest absolute Gasteiger partial charge is 0.434 e. The van der Waals surface area contributed by atoms with E-state index in [0.29, 0.717) is 47.4 Å². The zero-order chi connectivity index (χ0) is 28.6. The lowest BCUT2D eigenvalue weighted by Crippen LogP contribution is -2.53. The number of carbonyl (C=O) groups excluding carboxylic acids is 1. The van der Waals surface area contributed by atoms with Crippen molar-refractivity contribution in [3.05, 3.63) is 70.3 Å². The summed E-state index contributed by atoms with van der Waals surface area (Å²) in [6.45, 7) is 2.70. The molecule has 0 radical (unpaired) electrons. The summed E-state index contributed by atoms with van der Waals surface area (Å²) in [6, 6.07) is 10.6. The molecule has 9 nitrogen and oxygen atoms in total. The van der Waals surface area contributed by atoms with Gasteiger partial charge in [-0.1, -0.05) is 28.1 Å². The lowest BCUT2D eigenvalue weighted by Gasteiger charge is -2.39. The van der Waals surface area contributed by atoms with Gasteiger partial charge in [-0.05, 0) is 42.3 Å². The average Bonchev–Trinajstić information content (AvgIpc) is 3.17. The van der Waals surface area contributed by atoms with E-state index in [4.69, 9.17) is 4.74 Å². The van der Waals surface area contributed by atoms with E-state index in [1.165, 1.54) is 10.7 Å². The van der Waals surface area contributed by atoms with Crippen LogP contribution in [0.25, 0.3) is 22.0 Å². The van der Waals surface area contributed by atoms with Gasteiger partial charge in [0.1, 0.15) is 5.75 Å². The first-order chi connectivity index (χ1) is 19.2. The Morgan fingerprint density at radius 1 is 1.12 bits per heavy atom. The van der Waals surface area contributed by atoms with Crippen molar-refractivity contribution in [1.29, 1.82) is 0 Å². The number of fused-ring (bicyclic) bond motifs is 1. The number of aromatic nitrogens is 4. The molecule has 0 bridgehead atoms. The maximum absolute atomic E-state index is 13.1. The molecule has 3 heterocycles. The van der Waals surface area contributed by atoms with Gasteiger partial charge < -0.3 is 14.5 Å². The summed E-state index contributed by atoms with van der Waals surface area (Å²) in [6.07, 6.45) is 3.48. The highest BCUT2D eigenvalue weighted by Crippen LogP contribution is 2.28. The Balaban J connectivity index is 1.46. The van der Waals surface area contributed by atoms with E-state index in [9.17, 15) is 18.4 Å². The van der Waals surface area contributed by atoms with E-state index in [1.807, 2.05) is 24.0 Å². The van der Waals surface area contributed by atoms with Crippen LogP contribution in [0.2, 0.25) is 0 Å². The number of hydrogen-bond donors (Lipinski definition) is 0. The molecule has 0 saturated carbocycles. The van der Waals surface area contributed by atoms with Gasteiger partial charge in [-0.15, -0.1) is 0 Å². The van der Waals surface area contributed by atoms with E-state index >= 15 is 0 Å². The smallest absolute Gasteiger partial charge is 0.387 e. The van der Waals surface area contributed by atoms with Gasteiger partial charge >= 0.3 is 6.61 Å². The highest BCUT2D eigenvalue weighted by atomic mass is 79.9. The van der Waals surface area contributed by atoms with Crippen molar-refractivity contribution in [2.24, 2.45) is 7.05 Å². The van der Waals surface area contributed by atoms with Crippen molar-refractivity contribution in [3.63, 3.8) is 0 Å².